The molecule has 2 N–H and O–H groups in total. The average molecular weight is 513 g/mol. The highest BCUT2D eigenvalue weighted by atomic mass is 16.5. The fourth-order valence-electron chi connectivity index (χ4n) is 6.14. The first kappa shape index (κ1) is 24.0. The Morgan fingerprint density at radius 3 is 2.24 bits per heavy atom. The Labute approximate surface area is 219 Å². The number of ether oxygens (including phenoxy) is 3. The van der Waals surface area contributed by atoms with Gasteiger partial charge in [-0.15, -0.1) is 0 Å². The van der Waals surface area contributed by atoms with E-state index in [1.54, 1.807) is 50.6 Å². The summed E-state index contributed by atoms with van der Waals surface area (Å²) in [4.78, 5) is 11.9. The second-order valence-electron chi connectivity index (χ2n) is 10.0. The molecule has 1 aliphatic carbocycles. The number of rotatable bonds is 4. The van der Waals surface area contributed by atoms with Crippen LogP contribution in [0.1, 0.15) is 48.0 Å². The lowest BCUT2D eigenvalue weighted by atomic mass is 9.63. The highest BCUT2D eigenvalue weighted by Crippen LogP contribution is 2.58. The minimum absolute atomic E-state index is 0.0124. The van der Waals surface area contributed by atoms with E-state index in [1.165, 1.54) is 11.6 Å². The zero-order chi connectivity index (χ0) is 26.6. The Bertz CT molecular complexity index is 1630. The molecule has 1 aliphatic heterocycles. The van der Waals surface area contributed by atoms with Crippen LogP contribution >= 0.6 is 0 Å². The molecule has 2 heterocycles. The van der Waals surface area contributed by atoms with Gasteiger partial charge in [-0.3, -0.25) is 0 Å². The van der Waals surface area contributed by atoms with E-state index in [-0.39, 0.29) is 29.3 Å². The molecule has 0 spiro atoms. The van der Waals surface area contributed by atoms with Gasteiger partial charge in [0.25, 0.3) is 0 Å². The highest BCUT2D eigenvalue weighted by molar-refractivity contribution is 5.80. The van der Waals surface area contributed by atoms with Gasteiger partial charge in [0.05, 0.1) is 14.2 Å². The summed E-state index contributed by atoms with van der Waals surface area (Å²) < 4.78 is 23.6. The van der Waals surface area contributed by atoms with Crippen LogP contribution < -0.4 is 19.8 Å². The molecular formula is C31H28O7. The maximum Gasteiger partial charge on any atom is 0.336 e. The summed E-state index contributed by atoms with van der Waals surface area (Å²) in [5.41, 5.74) is 4.06. The van der Waals surface area contributed by atoms with Gasteiger partial charge in [0.2, 0.25) is 0 Å². The standard InChI is InChI=1S/C31H28O7/c1-16-10-23(20-7-5-18(32)13-26(20)35-2)30-24(11-16)22-12-17-4-9-29(34)37-25(17)15-28(22)38-31(30)21-8-6-19(33)14-27(21)36-3/h4-9,11-15,23-24,30-33H,10H2,1-3H3. The fourth-order valence-corrected chi connectivity index (χ4v) is 6.14. The summed E-state index contributed by atoms with van der Waals surface area (Å²) in [6, 6.07) is 17.3. The molecule has 0 bridgehead atoms. The van der Waals surface area contributed by atoms with E-state index in [2.05, 4.69) is 13.0 Å². The highest BCUT2D eigenvalue weighted by Gasteiger charge is 2.47. The van der Waals surface area contributed by atoms with Crippen molar-refractivity contribution < 1.29 is 28.8 Å². The van der Waals surface area contributed by atoms with Crippen molar-refractivity contribution in [1.82, 2.24) is 0 Å². The first-order valence-corrected chi connectivity index (χ1v) is 12.5. The summed E-state index contributed by atoms with van der Waals surface area (Å²) in [6.45, 7) is 2.13. The maximum atomic E-state index is 11.9. The smallest absolute Gasteiger partial charge is 0.336 e. The summed E-state index contributed by atoms with van der Waals surface area (Å²) >= 11 is 0. The van der Waals surface area contributed by atoms with E-state index in [1.807, 2.05) is 18.2 Å². The van der Waals surface area contributed by atoms with Crippen molar-refractivity contribution >= 4 is 11.0 Å². The quantitative estimate of drug-likeness (QED) is 0.249. The third kappa shape index (κ3) is 3.95. The van der Waals surface area contributed by atoms with E-state index in [4.69, 9.17) is 18.6 Å². The van der Waals surface area contributed by atoms with Gasteiger partial charge in [-0.2, -0.15) is 0 Å². The first-order valence-electron chi connectivity index (χ1n) is 12.5. The fraction of sp³-hybridized carbons (Fsp3) is 0.258. The summed E-state index contributed by atoms with van der Waals surface area (Å²) in [6.07, 6.45) is 2.62. The molecule has 0 radical (unpaired) electrons. The van der Waals surface area contributed by atoms with Crippen molar-refractivity contribution in [2.45, 2.75) is 31.3 Å². The molecule has 2 aliphatic rings. The normalized spacial score (nSPS) is 22.1. The topological polar surface area (TPSA) is 98.4 Å². The van der Waals surface area contributed by atoms with Crippen molar-refractivity contribution in [2.24, 2.45) is 5.92 Å². The Balaban J connectivity index is 1.60. The van der Waals surface area contributed by atoms with Crippen LogP contribution in [0.25, 0.3) is 11.0 Å². The van der Waals surface area contributed by atoms with Gasteiger partial charge in [-0.1, -0.05) is 17.7 Å². The second kappa shape index (κ2) is 9.17. The Hall–Kier alpha value is -4.39. The number of aromatic hydroxyl groups is 2. The van der Waals surface area contributed by atoms with Gasteiger partial charge >= 0.3 is 5.63 Å². The molecule has 194 valence electrons. The molecule has 0 amide bonds. The van der Waals surface area contributed by atoms with Crippen molar-refractivity contribution in [3.8, 4) is 28.7 Å². The lowest BCUT2D eigenvalue weighted by Gasteiger charge is -2.46. The molecule has 7 nitrogen and oxygen atoms in total. The predicted molar refractivity (Wildman–Crippen MR) is 143 cm³/mol. The van der Waals surface area contributed by atoms with E-state index >= 15 is 0 Å². The largest absolute Gasteiger partial charge is 0.508 e. The minimum Gasteiger partial charge on any atom is -0.508 e. The molecule has 6 rings (SSSR count). The molecule has 4 aromatic rings. The summed E-state index contributed by atoms with van der Waals surface area (Å²) in [5, 5.41) is 21.1. The molecule has 0 saturated carbocycles. The predicted octanol–water partition coefficient (Wildman–Crippen LogP) is 6.19. The Kier molecular flexibility index (Phi) is 5.79. The zero-order valence-electron chi connectivity index (χ0n) is 21.3. The number of hydrogen-bond donors (Lipinski definition) is 2. The van der Waals surface area contributed by atoms with Gasteiger partial charge in [-0.25, -0.2) is 4.79 Å². The van der Waals surface area contributed by atoms with Crippen LogP contribution in [0.3, 0.4) is 0 Å². The molecule has 4 unspecified atom stereocenters. The molecule has 3 aromatic carbocycles. The average Bonchev–Trinajstić information content (AvgIpc) is 2.91. The molecule has 4 atom stereocenters. The van der Waals surface area contributed by atoms with Crippen LogP contribution in [0.5, 0.6) is 28.7 Å². The maximum absolute atomic E-state index is 11.9. The third-order valence-electron chi connectivity index (χ3n) is 7.74. The van der Waals surface area contributed by atoms with Crippen molar-refractivity contribution in [3.63, 3.8) is 0 Å². The SMILES string of the molecule is COc1cc(O)ccc1C1CC(C)=CC2c3cc4ccc(=O)oc4cc3OC(c3ccc(O)cc3OC)C21. The number of allylic oxidation sites excluding steroid dienone is 2. The van der Waals surface area contributed by atoms with Gasteiger partial charge in [0.1, 0.15) is 40.4 Å². The van der Waals surface area contributed by atoms with E-state index in [9.17, 15) is 15.0 Å². The minimum atomic E-state index is -0.455. The first-order chi connectivity index (χ1) is 18.4. The number of methoxy groups -OCH3 is 2. The number of phenolic OH excluding ortho intramolecular Hbond substituents is 2. The Morgan fingerprint density at radius 1 is 0.842 bits per heavy atom. The van der Waals surface area contributed by atoms with Crippen LogP contribution in [-0.2, 0) is 0 Å². The Morgan fingerprint density at radius 2 is 1.53 bits per heavy atom. The van der Waals surface area contributed by atoms with Gasteiger partial charge in [0, 0.05) is 52.6 Å². The lowest BCUT2D eigenvalue weighted by Crippen LogP contribution is -2.36. The molecule has 0 saturated heterocycles. The summed E-state index contributed by atoms with van der Waals surface area (Å²) in [5.74, 6) is 1.89. The number of phenols is 2. The van der Waals surface area contributed by atoms with Crippen LogP contribution in [0.15, 0.2) is 81.5 Å². The molecular weight excluding hydrogens is 484 g/mol. The van der Waals surface area contributed by atoms with E-state index in [0.29, 0.717) is 22.8 Å². The van der Waals surface area contributed by atoms with Crippen molar-refractivity contribution in [1.29, 1.82) is 0 Å². The van der Waals surface area contributed by atoms with Gasteiger partial charge in [0.15, 0.2) is 0 Å². The second-order valence-corrected chi connectivity index (χ2v) is 10.0. The number of fused-ring (bicyclic) bond motifs is 4. The number of benzene rings is 3. The van der Waals surface area contributed by atoms with Gasteiger partial charge in [-0.05, 0) is 55.2 Å². The monoisotopic (exact) mass is 512 g/mol. The van der Waals surface area contributed by atoms with Crippen molar-refractivity contribution in [3.05, 3.63) is 99.4 Å². The molecule has 7 heteroatoms. The van der Waals surface area contributed by atoms with Crippen LogP contribution in [-0.4, -0.2) is 24.4 Å². The van der Waals surface area contributed by atoms with Crippen LogP contribution in [0.4, 0.5) is 0 Å². The third-order valence-corrected chi connectivity index (χ3v) is 7.74. The zero-order valence-corrected chi connectivity index (χ0v) is 21.3. The van der Waals surface area contributed by atoms with Crippen molar-refractivity contribution in [2.75, 3.05) is 14.2 Å². The van der Waals surface area contributed by atoms with E-state index in [0.717, 1.165) is 28.5 Å². The van der Waals surface area contributed by atoms with Gasteiger partial charge < -0.3 is 28.8 Å². The summed E-state index contributed by atoms with van der Waals surface area (Å²) in [7, 11) is 3.18. The molecule has 0 fully saturated rings. The van der Waals surface area contributed by atoms with Crippen LogP contribution in [0.2, 0.25) is 0 Å². The van der Waals surface area contributed by atoms with Crippen LogP contribution in [0, 0.1) is 5.92 Å². The molecule has 1 aromatic heterocycles. The molecule has 38 heavy (non-hydrogen) atoms. The lowest BCUT2D eigenvalue weighted by molar-refractivity contribution is 0.0770. The number of hydrogen-bond acceptors (Lipinski definition) is 7. The van der Waals surface area contributed by atoms with E-state index < -0.39 is 11.7 Å².